The van der Waals surface area contributed by atoms with Gasteiger partial charge in [-0.1, -0.05) is 0 Å². The minimum Gasteiger partial charge on any atom is -0.296 e. The second-order valence-electron chi connectivity index (χ2n) is 3.15. The van der Waals surface area contributed by atoms with Gasteiger partial charge in [0.15, 0.2) is 12.0 Å². The van der Waals surface area contributed by atoms with Crippen molar-refractivity contribution in [2.75, 3.05) is 0 Å². The van der Waals surface area contributed by atoms with Crippen molar-refractivity contribution in [3.8, 4) is 0 Å². The second kappa shape index (κ2) is 4.30. The van der Waals surface area contributed by atoms with Crippen molar-refractivity contribution in [1.82, 2.24) is 9.78 Å². The van der Waals surface area contributed by atoms with Crippen LogP contribution in [0.25, 0.3) is 0 Å². The number of hydrogen-bond acceptors (Lipinski definition) is 4. The van der Waals surface area contributed by atoms with Crippen LogP contribution < -0.4 is 0 Å². The minimum absolute atomic E-state index is 0.248. The Morgan fingerprint density at radius 3 is 2.06 bits per heavy atom. The van der Waals surface area contributed by atoms with E-state index in [0.29, 0.717) is 0 Å². The normalized spacial score (nSPS) is 13.1. The zero-order valence-electron chi connectivity index (χ0n) is 8.53. The summed E-state index contributed by atoms with van der Waals surface area (Å²) in [6.07, 6.45) is -5.62. The summed E-state index contributed by atoms with van der Waals surface area (Å²) in [4.78, 5) is 10.5. The topological polar surface area (TPSA) is 69.0 Å². The summed E-state index contributed by atoms with van der Waals surface area (Å²) < 4.78 is 84.7. The van der Waals surface area contributed by atoms with Crippen LogP contribution in [0, 0.1) is 0 Å². The maximum Gasteiger partial charge on any atom is 0.435 e. The predicted octanol–water partition coefficient (Wildman–Crippen LogP) is 0.912. The molecule has 0 bridgehead atoms. The van der Waals surface area contributed by atoms with E-state index in [2.05, 4.69) is 5.10 Å². The van der Waals surface area contributed by atoms with Gasteiger partial charge in [-0.2, -0.15) is 27.1 Å². The first kappa shape index (κ1) is 14.5. The molecule has 0 aromatic carbocycles. The van der Waals surface area contributed by atoms with Crippen molar-refractivity contribution in [2.24, 2.45) is 7.05 Å². The number of rotatable bonds is 3. The molecular formula is C7H5F5N2O3S. The van der Waals surface area contributed by atoms with E-state index < -0.39 is 39.1 Å². The van der Waals surface area contributed by atoms with Crippen LogP contribution >= 0.6 is 0 Å². The molecule has 0 spiro atoms. The van der Waals surface area contributed by atoms with Crippen molar-refractivity contribution in [1.29, 1.82) is 0 Å². The van der Waals surface area contributed by atoms with Crippen LogP contribution in [0.15, 0.2) is 0 Å². The van der Waals surface area contributed by atoms with E-state index in [1.807, 2.05) is 0 Å². The number of aromatic nitrogens is 2. The molecule has 0 aliphatic rings. The molecule has 0 saturated heterocycles. The van der Waals surface area contributed by atoms with Gasteiger partial charge in [0, 0.05) is 7.05 Å². The number of halogens is 5. The Bertz CT molecular complexity index is 552. The maximum atomic E-state index is 13.2. The van der Waals surface area contributed by atoms with Crippen LogP contribution in [-0.2, 0) is 29.2 Å². The monoisotopic (exact) mass is 292 g/mol. The number of carbonyl (C=O) groups is 1. The van der Waals surface area contributed by atoms with Gasteiger partial charge < -0.3 is 0 Å². The lowest BCUT2D eigenvalue weighted by atomic mass is 10.2. The van der Waals surface area contributed by atoms with E-state index in [1.54, 1.807) is 0 Å². The lowest BCUT2D eigenvalue weighted by molar-refractivity contribution is -0.143. The Kier molecular flexibility index (Phi) is 3.47. The predicted molar refractivity (Wildman–Crippen MR) is 47.8 cm³/mol. The highest BCUT2D eigenvalue weighted by Gasteiger charge is 2.50. The maximum absolute atomic E-state index is 13.2. The van der Waals surface area contributed by atoms with Crippen molar-refractivity contribution < 1.29 is 35.2 Å². The number of aldehydes is 1. The fourth-order valence-electron chi connectivity index (χ4n) is 1.26. The summed E-state index contributed by atoms with van der Waals surface area (Å²) >= 11 is 0. The van der Waals surface area contributed by atoms with Gasteiger partial charge in [0.1, 0.15) is 5.69 Å². The summed E-state index contributed by atoms with van der Waals surface area (Å²) in [5.74, 6) is 0. The molecule has 1 rings (SSSR count). The van der Waals surface area contributed by atoms with E-state index in [0.717, 1.165) is 7.05 Å². The molecular weight excluding hydrogens is 287 g/mol. The Morgan fingerprint density at radius 2 is 1.72 bits per heavy atom. The van der Waals surface area contributed by atoms with Gasteiger partial charge in [-0.05, 0) is 0 Å². The molecule has 0 saturated carbocycles. The van der Waals surface area contributed by atoms with Gasteiger partial charge in [0.05, 0.1) is 5.56 Å². The number of alkyl halides is 5. The molecule has 0 fully saturated rings. The zero-order chi connectivity index (χ0) is 14.3. The Balaban J connectivity index is 3.74. The van der Waals surface area contributed by atoms with Crippen molar-refractivity contribution in [3.63, 3.8) is 0 Å². The number of thiol groups is 1. The molecule has 0 unspecified atom stereocenters. The molecule has 0 aliphatic heterocycles. The average molecular weight is 292 g/mol. The van der Waals surface area contributed by atoms with E-state index in [4.69, 9.17) is 0 Å². The molecule has 1 aromatic heterocycles. The van der Waals surface area contributed by atoms with Gasteiger partial charge in [0.25, 0.3) is 0 Å². The first-order valence-corrected chi connectivity index (χ1v) is 5.33. The molecule has 11 heteroatoms. The molecule has 0 N–H and O–H groups in total. The quantitative estimate of drug-likeness (QED) is 0.511. The Morgan fingerprint density at radius 1 is 1.22 bits per heavy atom. The van der Waals surface area contributed by atoms with Gasteiger partial charge in [-0.25, -0.2) is 8.42 Å². The van der Waals surface area contributed by atoms with Gasteiger partial charge in [-0.3, -0.25) is 9.48 Å². The van der Waals surface area contributed by atoms with Crippen LogP contribution in [0.3, 0.4) is 0 Å². The molecule has 102 valence electrons. The van der Waals surface area contributed by atoms with E-state index in [9.17, 15) is 35.2 Å². The molecule has 5 nitrogen and oxygen atoms in total. The SMILES string of the molecule is Cn1nc(C(F)(F)F)c(C(F)(F)[SH](=O)=O)c1C=O. The van der Waals surface area contributed by atoms with Crippen LogP contribution in [0.4, 0.5) is 22.0 Å². The first-order chi connectivity index (χ1) is 8.03. The molecule has 18 heavy (non-hydrogen) atoms. The van der Waals surface area contributed by atoms with Crippen LogP contribution in [0.2, 0.25) is 0 Å². The molecule has 0 radical (unpaired) electrons. The number of aryl methyl sites for hydroxylation is 1. The average Bonchev–Trinajstić information content (AvgIpc) is 2.54. The third kappa shape index (κ3) is 2.21. The molecule has 0 amide bonds. The number of carbonyl (C=O) groups excluding carboxylic acids is 1. The molecule has 0 aliphatic carbocycles. The smallest absolute Gasteiger partial charge is 0.296 e. The lowest BCUT2D eigenvalue weighted by Gasteiger charge is -2.11. The summed E-state index contributed by atoms with van der Waals surface area (Å²) in [5.41, 5.74) is -5.20. The van der Waals surface area contributed by atoms with Gasteiger partial charge in [0.2, 0.25) is 10.7 Å². The highest BCUT2D eigenvalue weighted by atomic mass is 32.2. The van der Waals surface area contributed by atoms with E-state index in [-0.39, 0.29) is 11.0 Å². The van der Waals surface area contributed by atoms with E-state index >= 15 is 0 Å². The highest BCUT2D eigenvalue weighted by molar-refractivity contribution is 7.73. The van der Waals surface area contributed by atoms with E-state index in [1.165, 1.54) is 0 Å². The summed E-state index contributed by atoms with van der Waals surface area (Å²) in [7, 11) is -3.72. The molecule has 1 aromatic rings. The Labute approximate surface area is 98.1 Å². The third-order valence-electron chi connectivity index (χ3n) is 2.00. The van der Waals surface area contributed by atoms with Crippen molar-refractivity contribution in [2.45, 2.75) is 11.4 Å². The third-order valence-corrected chi connectivity index (χ3v) is 2.68. The molecule has 0 atom stereocenters. The summed E-state index contributed by atoms with van der Waals surface area (Å²) in [5, 5.41) is -2.11. The standard InChI is InChI=1S/C7H5F5N2O3S/c1-14-3(2-15)4(7(11,12)18(16)17)5(13-14)6(8,9)10/h2,18H,1H3. The number of hydrogen-bond donors (Lipinski definition) is 1. The molecule has 1 heterocycles. The zero-order valence-corrected chi connectivity index (χ0v) is 9.43. The van der Waals surface area contributed by atoms with Gasteiger partial charge in [-0.15, -0.1) is 0 Å². The summed E-state index contributed by atoms with van der Waals surface area (Å²) in [6, 6.07) is 0. The first-order valence-electron chi connectivity index (χ1n) is 4.15. The van der Waals surface area contributed by atoms with Gasteiger partial charge >= 0.3 is 11.4 Å². The van der Waals surface area contributed by atoms with Crippen LogP contribution in [0.5, 0.6) is 0 Å². The summed E-state index contributed by atoms with van der Waals surface area (Å²) in [6.45, 7) is 0. The number of nitrogens with zero attached hydrogens (tertiary/aromatic N) is 2. The van der Waals surface area contributed by atoms with Crippen molar-refractivity contribution in [3.05, 3.63) is 17.0 Å². The lowest BCUT2D eigenvalue weighted by Crippen LogP contribution is -2.22. The largest absolute Gasteiger partial charge is 0.435 e. The highest BCUT2D eigenvalue weighted by Crippen LogP contribution is 2.40. The fraction of sp³-hybridized carbons (Fsp3) is 0.429. The van der Waals surface area contributed by atoms with Crippen LogP contribution in [0.1, 0.15) is 21.7 Å². The second-order valence-corrected chi connectivity index (χ2v) is 4.22. The van der Waals surface area contributed by atoms with Crippen molar-refractivity contribution >= 4 is 17.0 Å². The Hall–Kier alpha value is -1.52. The minimum atomic E-state index is -5.30. The fourth-order valence-corrected chi connectivity index (χ4v) is 1.66. The van der Waals surface area contributed by atoms with Crippen LogP contribution in [-0.4, -0.2) is 24.5 Å².